The lowest BCUT2D eigenvalue weighted by Gasteiger charge is -2.00. The highest BCUT2D eigenvalue weighted by Crippen LogP contribution is 2.36. The number of nitrogens with zero attached hydrogens (tertiary/aromatic N) is 2. The molecule has 3 aromatic rings. The van der Waals surface area contributed by atoms with E-state index < -0.39 is 0 Å². The molecule has 0 amide bonds. The van der Waals surface area contributed by atoms with Crippen molar-refractivity contribution < 1.29 is 8.91 Å². The Kier molecular flexibility index (Phi) is 2.79. The van der Waals surface area contributed by atoms with E-state index in [1.807, 2.05) is 12.3 Å². The molecule has 0 saturated carbocycles. The molecule has 0 aliphatic rings. The number of nitrogens with two attached hydrogens (primary N) is 1. The Hall–Kier alpha value is -2.21. The van der Waals surface area contributed by atoms with Crippen LogP contribution in [0.2, 0.25) is 0 Å². The van der Waals surface area contributed by atoms with Gasteiger partial charge in [-0.2, -0.15) is 0 Å². The minimum atomic E-state index is -0.335. The Morgan fingerprint density at radius 3 is 2.89 bits per heavy atom. The van der Waals surface area contributed by atoms with Crippen molar-refractivity contribution in [2.45, 2.75) is 6.92 Å². The Morgan fingerprint density at radius 2 is 2.21 bits per heavy atom. The van der Waals surface area contributed by atoms with Gasteiger partial charge in [-0.15, -0.1) is 11.3 Å². The first kappa shape index (κ1) is 11.9. The van der Waals surface area contributed by atoms with Crippen molar-refractivity contribution in [1.29, 1.82) is 0 Å². The largest absolute Gasteiger partial charge is 0.367 e. The number of aromatic nitrogens is 2. The molecule has 96 valence electrons. The molecule has 0 fully saturated rings. The summed E-state index contributed by atoms with van der Waals surface area (Å²) in [6.45, 7) is 1.90. The maximum atomic E-state index is 13.3. The van der Waals surface area contributed by atoms with Gasteiger partial charge in [0.25, 0.3) is 0 Å². The van der Waals surface area contributed by atoms with E-state index in [4.69, 9.17) is 10.3 Å². The molecule has 2 N–H and O–H groups in total. The van der Waals surface area contributed by atoms with Crippen molar-refractivity contribution in [3.63, 3.8) is 0 Å². The normalized spacial score (nSPS) is 10.8. The van der Waals surface area contributed by atoms with Gasteiger partial charge >= 0.3 is 0 Å². The van der Waals surface area contributed by atoms with E-state index in [-0.39, 0.29) is 11.7 Å². The fourth-order valence-electron chi connectivity index (χ4n) is 1.87. The first-order chi connectivity index (χ1) is 9.15. The first-order valence-corrected chi connectivity index (χ1v) is 6.46. The smallest absolute Gasteiger partial charge is 0.230 e. The maximum Gasteiger partial charge on any atom is 0.230 e. The topological polar surface area (TPSA) is 64.9 Å². The first-order valence-electron chi connectivity index (χ1n) is 5.59. The van der Waals surface area contributed by atoms with Gasteiger partial charge in [-0.1, -0.05) is 17.3 Å². The number of thiazole rings is 1. The lowest BCUT2D eigenvalue weighted by atomic mass is 10.0. The van der Waals surface area contributed by atoms with Crippen LogP contribution >= 0.6 is 11.3 Å². The highest BCUT2D eigenvalue weighted by molar-refractivity contribution is 7.09. The third-order valence-electron chi connectivity index (χ3n) is 2.69. The average Bonchev–Trinajstić information content (AvgIpc) is 2.95. The zero-order valence-electron chi connectivity index (χ0n) is 10.1. The molecule has 0 radical (unpaired) electrons. The number of aryl methyl sites for hydroxylation is 1. The molecule has 0 aliphatic carbocycles. The molecule has 0 bridgehead atoms. The molecular weight excluding hydrogens is 265 g/mol. The van der Waals surface area contributed by atoms with Crippen LogP contribution in [0.1, 0.15) is 5.01 Å². The zero-order valence-corrected chi connectivity index (χ0v) is 10.9. The lowest BCUT2D eigenvalue weighted by Crippen LogP contribution is -1.88. The van der Waals surface area contributed by atoms with E-state index in [0.717, 1.165) is 5.01 Å². The molecule has 0 saturated heterocycles. The second-order valence-corrected chi connectivity index (χ2v) is 5.09. The highest BCUT2D eigenvalue weighted by atomic mass is 32.1. The van der Waals surface area contributed by atoms with Gasteiger partial charge in [0.2, 0.25) is 5.88 Å². The molecule has 19 heavy (non-hydrogen) atoms. The molecule has 3 rings (SSSR count). The van der Waals surface area contributed by atoms with Crippen LogP contribution in [-0.4, -0.2) is 10.1 Å². The van der Waals surface area contributed by atoms with Gasteiger partial charge in [0.15, 0.2) is 0 Å². The highest BCUT2D eigenvalue weighted by Gasteiger charge is 2.19. The SMILES string of the molecule is Cc1nc(-c2noc(N)c2-c2cccc(F)c2)cs1. The van der Waals surface area contributed by atoms with Crippen LogP contribution < -0.4 is 5.73 Å². The summed E-state index contributed by atoms with van der Waals surface area (Å²) in [4.78, 5) is 4.35. The molecule has 1 aromatic carbocycles. The summed E-state index contributed by atoms with van der Waals surface area (Å²) in [6, 6.07) is 6.15. The predicted octanol–water partition coefficient (Wildman–Crippen LogP) is 3.49. The quantitative estimate of drug-likeness (QED) is 0.777. The fourth-order valence-corrected chi connectivity index (χ4v) is 2.47. The summed E-state index contributed by atoms with van der Waals surface area (Å²) in [5, 5.41) is 6.72. The minimum Gasteiger partial charge on any atom is -0.367 e. The van der Waals surface area contributed by atoms with Gasteiger partial charge in [0.05, 0.1) is 10.6 Å². The molecule has 0 aliphatic heterocycles. The Balaban J connectivity index is 2.19. The van der Waals surface area contributed by atoms with E-state index in [9.17, 15) is 4.39 Å². The second kappa shape index (κ2) is 4.47. The van der Waals surface area contributed by atoms with Gasteiger partial charge in [-0.05, 0) is 24.6 Å². The number of nitrogen functional groups attached to an aromatic ring is 1. The van der Waals surface area contributed by atoms with E-state index in [1.165, 1.54) is 23.5 Å². The standard InChI is InChI=1S/C13H10FN3OS/c1-7-16-10(6-19-7)12-11(13(15)18-17-12)8-3-2-4-9(14)5-8/h2-6H,15H2,1H3. The Morgan fingerprint density at radius 1 is 1.37 bits per heavy atom. The molecule has 4 nitrogen and oxygen atoms in total. The minimum absolute atomic E-state index is 0.159. The number of hydrogen-bond donors (Lipinski definition) is 1. The fraction of sp³-hybridized carbons (Fsp3) is 0.0769. The third-order valence-corrected chi connectivity index (χ3v) is 3.47. The summed E-state index contributed by atoms with van der Waals surface area (Å²) >= 11 is 1.51. The predicted molar refractivity (Wildman–Crippen MR) is 72.2 cm³/mol. The molecule has 0 spiro atoms. The van der Waals surface area contributed by atoms with Crippen molar-refractivity contribution >= 4 is 17.2 Å². The molecule has 6 heteroatoms. The number of rotatable bonds is 2. The van der Waals surface area contributed by atoms with Gasteiger partial charge < -0.3 is 10.3 Å². The van der Waals surface area contributed by atoms with Crippen molar-refractivity contribution in [3.8, 4) is 22.5 Å². The van der Waals surface area contributed by atoms with E-state index in [2.05, 4.69) is 10.1 Å². The van der Waals surface area contributed by atoms with Crippen molar-refractivity contribution in [2.24, 2.45) is 0 Å². The lowest BCUT2D eigenvalue weighted by molar-refractivity contribution is 0.439. The number of benzene rings is 1. The number of hydrogen-bond acceptors (Lipinski definition) is 5. The number of halogens is 1. The summed E-state index contributed by atoms with van der Waals surface area (Å²) in [5.74, 6) is -0.176. The molecular formula is C13H10FN3OS. The van der Waals surface area contributed by atoms with Crippen LogP contribution in [0.5, 0.6) is 0 Å². The van der Waals surface area contributed by atoms with Crippen LogP contribution in [0.3, 0.4) is 0 Å². The van der Waals surface area contributed by atoms with Gasteiger partial charge in [0, 0.05) is 5.38 Å². The Labute approximate surface area is 112 Å². The molecule has 0 unspecified atom stereocenters. The van der Waals surface area contributed by atoms with Crippen LogP contribution in [0.15, 0.2) is 34.2 Å². The van der Waals surface area contributed by atoms with Crippen molar-refractivity contribution in [3.05, 3.63) is 40.5 Å². The summed E-state index contributed by atoms with van der Waals surface area (Å²) in [7, 11) is 0. The Bertz CT molecular complexity index is 735. The van der Waals surface area contributed by atoms with Crippen molar-refractivity contribution in [1.82, 2.24) is 10.1 Å². The molecule has 0 atom stereocenters. The second-order valence-electron chi connectivity index (χ2n) is 4.03. The van der Waals surface area contributed by atoms with Crippen LogP contribution in [0, 0.1) is 12.7 Å². The van der Waals surface area contributed by atoms with Gasteiger partial charge in [-0.25, -0.2) is 9.37 Å². The maximum absolute atomic E-state index is 13.3. The van der Waals surface area contributed by atoms with Crippen LogP contribution in [-0.2, 0) is 0 Å². The van der Waals surface area contributed by atoms with Gasteiger partial charge in [0.1, 0.15) is 17.2 Å². The monoisotopic (exact) mass is 275 g/mol. The van der Waals surface area contributed by atoms with E-state index in [1.54, 1.807) is 12.1 Å². The molecule has 2 heterocycles. The van der Waals surface area contributed by atoms with Gasteiger partial charge in [-0.3, -0.25) is 0 Å². The summed E-state index contributed by atoms with van der Waals surface area (Å²) < 4.78 is 18.3. The number of anilines is 1. The van der Waals surface area contributed by atoms with E-state index in [0.29, 0.717) is 22.5 Å². The summed E-state index contributed by atoms with van der Waals surface area (Å²) in [6.07, 6.45) is 0. The van der Waals surface area contributed by atoms with Crippen LogP contribution in [0.25, 0.3) is 22.5 Å². The molecule has 2 aromatic heterocycles. The summed E-state index contributed by atoms with van der Waals surface area (Å²) in [5.41, 5.74) is 8.21. The third kappa shape index (κ3) is 2.10. The zero-order chi connectivity index (χ0) is 13.4. The average molecular weight is 275 g/mol. The van der Waals surface area contributed by atoms with E-state index >= 15 is 0 Å². The van der Waals surface area contributed by atoms with Crippen molar-refractivity contribution in [2.75, 3.05) is 5.73 Å². The van der Waals surface area contributed by atoms with Crippen LogP contribution in [0.4, 0.5) is 10.3 Å².